The van der Waals surface area contributed by atoms with Gasteiger partial charge in [-0.25, -0.2) is 9.97 Å². The van der Waals surface area contributed by atoms with E-state index in [1.54, 1.807) is 11.3 Å². The van der Waals surface area contributed by atoms with Crippen LogP contribution in [0.5, 0.6) is 0 Å². The van der Waals surface area contributed by atoms with Crippen molar-refractivity contribution in [3.8, 4) is 10.7 Å². The Labute approximate surface area is 122 Å². The third-order valence-electron chi connectivity index (χ3n) is 3.40. The quantitative estimate of drug-likeness (QED) is 0.780. The summed E-state index contributed by atoms with van der Waals surface area (Å²) >= 11 is 1.77. The molecule has 1 aromatic carbocycles. The maximum atomic E-state index is 4.76. The van der Waals surface area contributed by atoms with Gasteiger partial charge in [0.2, 0.25) is 0 Å². The molecule has 0 spiro atoms. The van der Waals surface area contributed by atoms with Crippen LogP contribution in [0, 0.1) is 6.92 Å². The molecule has 3 rings (SSSR count). The molecule has 20 heavy (non-hydrogen) atoms. The van der Waals surface area contributed by atoms with Gasteiger partial charge in [0.15, 0.2) is 5.82 Å². The first-order chi connectivity index (χ1) is 9.72. The van der Waals surface area contributed by atoms with Gasteiger partial charge in [0.1, 0.15) is 5.82 Å². The summed E-state index contributed by atoms with van der Waals surface area (Å²) in [4.78, 5) is 11.9. The highest BCUT2D eigenvalue weighted by molar-refractivity contribution is 7.15. The van der Waals surface area contributed by atoms with Crippen molar-refractivity contribution < 1.29 is 0 Å². The third-order valence-corrected chi connectivity index (χ3v) is 4.62. The van der Waals surface area contributed by atoms with Crippen molar-refractivity contribution in [2.45, 2.75) is 20.3 Å². The minimum atomic E-state index is 0.806. The third kappa shape index (κ3) is 2.16. The van der Waals surface area contributed by atoms with Crippen LogP contribution in [0.1, 0.15) is 17.4 Å². The molecule has 2 aromatic heterocycles. The van der Waals surface area contributed by atoms with Crippen molar-refractivity contribution in [1.82, 2.24) is 9.97 Å². The van der Waals surface area contributed by atoms with Crippen LogP contribution in [0.3, 0.4) is 0 Å². The molecule has 1 N–H and O–H groups in total. The van der Waals surface area contributed by atoms with Gasteiger partial charge in [-0.3, -0.25) is 0 Å². The van der Waals surface area contributed by atoms with Crippen molar-refractivity contribution in [3.05, 3.63) is 40.8 Å². The normalized spacial score (nSPS) is 10.9. The number of anilines is 1. The SMILES string of the molecule is CCc1ccc(-c2nc(NC)c3cccc(C)c3n2)s1. The van der Waals surface area contributed by atoms with Crippen molar-refractivity contribution in [2.75, 3.05) is 12.4 Å². The van der Waals surface area contributed by atoms with E-state index in [1.165, 1.54) is 10.4 Å². The second-order valence-electron chi connectivity index (χ2n) is 4.74. The van der Waals surface area contributed by atoms with Crippen LogP contribution in [0.4, 0.5) is 5.82 Å². The summed E-state index contributed by atoms with van der Waals surface area (Å²) in [7, 11) is 1.90. The monoisotopic (exact) mass is 283 g/mol. The number of hydrogen-bond donors (Lipinski definition) is 1. The zero-order valence-corrected chi connectivity index (χ0v) is 12.7. The lowest BCUT2D eigenvalue weighted by Crippen LogP contribution is -1.99. The van der Waals surface area contributed by atoms with Gasteiger partial charge in [0.25, 0.3) is 0 Å². The average molecular weight is 283 g/mol. The van der Waals surface area contributed by atoms with E-state index >= 15 is 0 Å². The molecule has 4 heteroatoms. The molecular weight excluding hydrogens is 266 g/mol. The molecule has 0 fully saturated rings. The highest BCUT2D eigenvalue weighted by Gasteiger charge is 2.11. The van der Waals surface area contributed by atoms with Gasteiger partial charge < -0.3 is 5.32 Å². The molecule has 0 aliphatic heterocycles. The molecule has 102 valence electrons. The minimum absolute atomic E-state index is 0.806. The van der Waals surface area contributed by atoms with Gasteiger partial charge in [0, 0.05) is 17.3 Å². The lowest BCUT2D eigenvalue weighted by atomic mass is 10.1. The molecule has 0 aliphatic rings. The molecule has 3 aromatic rings. The second-order valence-corrected chi connectivity index (χ2v) is 5.90. The minimum Gasteiger partial charge on any atom is -0.373 e. The summed E-state index contributed by atoms with van der Waals surface area (Å²) in [6.45, 7) is 4.25. The van der Waals surface area contributed by atoms with Crippen molar-refractivity contribution in [3.63, 3.8) is 0 Å². The highest BCUT2D eigenvalue weighted by Crippen LogP contribution is 2.30. The number of rotatable bonds is 3. The van der Waals surface area contributed by atoms with Gasteiger partial charge in [0.05, 0.1) is 10.4 Å². The van der Waals surface area contributed by atoms with Gasteiger partial charge in [-0.2, -0.15) is 0 Å². The van der Waals surface area contributed by atoms with Crippen molar-refractivity contribution in [2.24, 2.45) is 0 Å². The maximum absolute atomic E-state index is 4.76. The largest absolute Gasteiger partial charge is 0.373 e. The molecule has 0 saturated heterocycles. The van der Waals surface area contributed by atoms with Gasteiger partial charge in [-0.1, -0.05) is 19.1 Å². The number of aromatic nitrogens is 2. The summed E-state index contributed by atoms with van der Waals surface area (Å²) in [5.41, 5.74) is 2.20. The number of para-hydroxylation sites is 1. The molecule has 0 aliphatic carbocycles. The van der Waals surface area contributed by atoms with Crippen LogP contribution >= 0.6 is 11.3 Å². The van der Waals surface area contributed by atoms with Gasteiger partial charge in [-0.05, 0) is 37.1 Å². The van der Waals surface area contributed by atoms with E-state index < -0.39 is 0 Å². The number of nitrogens with zero attached hydrogens (tertiary/aromatic N) is 2. The molecule has 0 atom stereocenters. The number of hydrogen-bond acceptors (Lipinski definition) is 4. The first-order valence-corrected chi connectivity index (χ1v) is 7.58. The predicted molar refractivity (Wildman–Crippen MR) is 86.5 cm³/mol. The average Bonchev–Trinajstić information content (AvgIpc) is 2.96. The molecule has 0 amide bonds. The van der Waals surface area contributed by atoms with E-state index in [1.807, 2.05) is 13.1 Å². The Morgan fingerprint density at radius 1 is 1.15 bits per heavy atom. The highest BCUT2D eigenvalue weighted by atomic mass is 32.1. The molecule has 3 nitrogen and oxygen atoms in total. The molecule has 0 unspecified atom stereocenters. The van der Waals surface area contributed by atoms with Gasteiger partial charge in [-0.15, -0.1) is 11.3 Å². The molecule has 0 bridgehead atoms. The van der Waals surface area contributed by atoms with Crippen LogP contribution in [-0.4, -0.2) is 17.0 Å². The Balaban J connectivity index is 2.24. The van der Waals surface area contributed by atoms with E-state index in [9.17, 15) is 0 Å². The maximum Gasteiger partial charge on any atom is 0.172 e. The summed E-state index contributed by atoms with van der Waals surface area (Å²) in [5, 5.41) is 4.25. The Morgan fingerprint density at radius 3 is 2.70 bits per heavy atom. The number of thiophene rings is 1. The van der Waals surface area contributed by atoms with Crippen molar-refractivity contribution in [1.29, 1.82) is 0 Å². The van der Waals surface area contributed by atoms with Gasteiger partial charge >= 0.3 is 0 Å². The van der Waals surface area contributed by atoms with Crippen LogP contribution in [-0.2, 0) is 6.42 Å². The number of aryl methyl sites for hydroxylation is 2. The van der Waals surface area contributed by atoms with Crippen molar-refractivity contribution >= 4 is 28.1 Å². The van der Waals surface area contributed by atoms with Crippen LogP contribution in [0.2, 0.25) is 0 Å². The summed E-state index contributed by atoms with van der Waals surface area (Å²) < 4.78 is 0. The van der Waals surface area contributed by atoms with E-state index in [0.29, 0.717) is 0 Å². The van der Waals surface area contributed by atoms with E-state index in [0.717, 1.165) is 33.8 Å². The second kappa shape index (κ2) is 5.21. The summed E-state index contributed by atoms with van der Waals surface area (Å²) in [5.74, 6) is 1.70. The number of fused-ring (bicyclic) bond motifs is 1. The molecule has 0 saturated carbocycles. The zero-order chi connectivity index (χ0) is 14.1. The predicted octanol–water partition coefficient (Wildman–Crippen LogP) is 4.27. The fourth-order valence-corrected chi connectivity index (χ4v) is 3.17. The summed E-state index contributed by atoms with van der Waals surface area (Å²) in [6, 6.07) is 10.5. The van der Waals surface area contributed by atoms with Crippen LogP contribution < -0.4 is 5.32 Å². The first-order valence-electron chi connectivity index (χ1n) is 6.77. The lowest BCUT2D eigenvalue weighted by molar-refractivity contribution is 1.19. The fourth-order valence-electron chi connectivity index (χ4n) is 2.28. The topological polar surface area (TPSA) is 37.8 Å². The fraction of sp³-hybridized carbons (Fsp3) is 0.250. The first kappa shape index (κ1) is 13.1. The lowest BCUT2D eigenvalue weighted by Gasteiger charge is -2.08. The molecule has 0 radical (unpaired) electrons. The van der Waals surface area contributed by atoms with E-state index in [4.69, 9.17) is 4.98 Å². The number of benzene rings is 1. The van der Waals surface area contributed by atoms with Crippen LogP contribution in [0.25, 0.3) is 21.6 Å². The van der Waals surface area contributed by atoms with E-state index in [2.05, 4.69) is 48.4 Å². The van der Waals surface area contributed by atoms with Crippen LogP contribution in [0.15, 0.2) is 30.3 Å². The Bertz CT molecular complexity index is 762. The molecular formula is C16H17N3S. The smallest absolute Gasteiger partial charge is 0.172 e. The number of nitrogens with one attached hydrogen (secondary N) is 1. The Kier molecular flexibility index (Phi) is 3.40. The van der Waals surface area contributed by atoms with E-state index in [-0.39, 0.29) is 0 Å². The Morgan fingerprint density at radius 2 is 2.00 bits per heavy atom. The summed E-state index contributed by atoms with van der Waals surface area (Å²) in [6.07, 6.45) is 1.05. The Hall–Kier alpha value is -1.94. The molecule has 2 heterocycles. The standard InChI is InChI=1S/C16H17N3S/c1-4-11-8-9-13(20-11)16-18-14-10(2)6-5-7-12(14)15(17-3)19-16/h5-9H,4H2,1-3H3,(H,17,18,19). The zero-order valence-electron chi connectivity index (χ0n) is 11.9.